The van der Waals surface area contributed by atoms with E-state index in [4.69, 9.17) is 17.3 Å². The lowest BCUT2D eigenvalue weighted by Crippen LogP contribution is -2.51. The zero-order valence-electron chi connectivity index (χ0n) is 14.1. The van der Waals surface area contributed by atoms with Crippen LogP contribution in [0, 0.1) is 0 Å². The quantitative estimate of drug-likeness (QED) is 0.419. The van der Waals surface area contributed by atoms with E-state index in [0.29, 0.717) is 12.5 Å². The van der Waals surface area contributed by atoms with Gasteiger partial charge in [-0.05, 0) is 31.2 Å². The first-order valence-electron chi connectivity index (χ1n) is 7.80. The van der Waals surface area contributed by atoms with E-state index in [0.717, 1.165) is 36.9 Å². The number of anilines is 1. The highest BCUT2D eigenvalue weighted by Gasteiger charge is 2.18. The normalized spacial score (nSPS) is 15.0. The Hall–Kier alpha value is -1.22. The number of rotatable bonds is 4. The second-order valence-electron chi connectivity index (χ2n) is 5.53. The molecular weight excluding hydrogens is 441 g/mol. The Morgan fingerprint density at radius 3 is 2.38 bits per heavy atom. The van der Waals surface area contributed by atoms with Crippen molar-refractivity contribution in [2.75, 3.05) is 51.2 Å². The maximum Gasteiger partial charge on any atom is 0.244 e. The number of hydrogen-bond acceptors (Lipinski definition) is 3. The van der Waals surface area contributed by atoms with Gasteiger partial charge in [0, 0.05) is 50.5 Å². The molecule has 134 valence electrons. The van der Waals surface area contributed by atoms with Crippen LogP contribution in [0.1, 0.15) is 6.92 Å². The fourth-order valence-electron chi connectivity index (χ4n) is 2.39. The maximum absolute atomic E-state index is 11.8. The van der Waals surface area contributed by atoms with E-state index in [1.165, 1.54) is 0 Å². The van der Waals surface area contributed by atoms with Crippen LogP contribution in [-0.2, 0) is 4.79 Å². The van der Waals surface area contributed by atoms with Crippen LogP contribution in [0.4, 0.5) is 5.69 Å². The third-order valence-corrected chi connectivity index (χ3v) is 4.32. The fraction of sp³-hybridized carbons (Fsp3) is 0.500. The molecule has 0 bridgehead atoms. The molecule has 6 nitrogen and oxygen atoms in total. The number of hydrogen-bond donors (Lipinski definition) is 1. The van der Waals surface area contributed by atoms with Crippen LogP contribution >= 0.6 is 35.6 Å². The predicted octanol–water partition coefficient (Wildman–Crippen LogP) is 1.87. The molecule has 1 saturated heterocycles. The van der Waals surface area contributed by atoms with Crippen molar-refractivity contribution >= 4 is 53.1 Å². The highest BCUT2D eigenvalue weighted by atomic mass is 127. The number of benzene rings is 1. The van der Waals surface area contributed by atoms with E-state index >= 15 is 0 Å². The number of nitrogens with zero attached hydrogens (tertiary/aromatic N) is 4. The highest BCUT2D eigenvalue weighted by Crippen LogP contribution is 2.19. The molecule has 0 unspecified atom stereocenters. The number of aliphatic imine (C=N–C) groups is 1. The lowest BCUT2D eigenvalue weighted by Gasteiger charge is -2.36. The third kappa shape index (κ3) is 5.70. The van der Waals surface area contributed by atoms with E-state index in [1.807, 2.05) is 36.1 Å². The van der Waals surface area contributed by atoms with Crippen LogP contribution in [0.5, 0.6) is 0 Å². The minimum absolute atomic E-state index is 0. The van der Waals surface area contributed by atoms with Gasteiger partial charge in [0.05, 0.1) is 0 Å². The largest absolute Gasteiger partial charge is 0.370 e. The summed E-state index contributed by atoms with van der Waals surface area (Å²) in [7, 11) is 1.76. The average Bonchev–Trinajstić information content (AvgIpc) is 2.59. The van der Waals surface area contributed by atoms with Gasteiger partial charge < -0.3 is 20.4 Å². The van der Waals surface area contributed by atoms with E-state index in [9.17, 15) is 4.79 Å². The van der Waals surface area contributed by atoms with Crippen LogP contribution in [0.3, 0.4) is 0 Å². The Morgan fingerprint density at radius 2 is 1.83 bits per heavy atom. The zero-order chi connectivity index (χ0) is 16.8. The van der Waals surface area contributed by atoms with Crippen molar-refractivity contribution in [2.45, 2.75) is 6.92 Å². The number of likely N-dealkylation sites (N-methyl/N-ethyl adjacent to an activating group) is 1. The minimum atomic E-state index is -0.0183. The first kappa shape index (κ1) is 20.8. The van der Waals surface area contributed by atoms with Gasteiger partial charge in [-0.3, -0.25) is 4.79 Å². The highest BCUT2D eigenvalue weighted by molar-refractivity contribution is 14.0. The lowest BCUT2D eigenvalue weighted by atomic mass is 10.2. The molecule has 2 rings (SSSR count). The average molecular weight is 466 g/mol. The summed E-state index contributed by atoms with van der Waals surface area (Å²) in [6.07, 6.45) is 0. The fourth-order valence-corrected chi connectivity index (χ4v) is 2.52. The first-order valence-corrected chi connectivity index (χ1v) is 8.18. The molecule has 8 heteroatoms. The molecule has 0 aliphatic carbocycles. The van der Waals surface area contributed by atoms with Gasteiger partial charge in [0.2, 0.25) is 5.91 Å². The third-order valence-electron chi connectivity index (χ3n) is 4.07. The summed E-state index contributed by atoms with van der Waals surface area (Å²) in [5.41, 5.74) is 7.17. The molecule has 2 N–H and O–H groups in total. The monoisotopic (exact) mass is 465 g/mol. The van der Waals surface area contributed by atoms with Crippen molar-refractivity contribution in [2.24, 2.45) is 10.7 Å². The summed E-state index contributed by atoms with van der Waals surface area (Å²) in [6, 6.07) is 7.84. The Labute approximate surface area is 165 Å². The number of nitrogens with two attached hydrogens (primary N) is 1. The summed E-state index contributed by atoms with van der Waals surface area (Å²) in [5, 5.41) is 0.741. The number of piperazine rings is 1. The van der Waals surface area contributed by atoms with E-state index < -0.39 is 0 Å². The van der Waals surface area contributed by atoms with Gasteiger partial charge >= 0.3 is 0 Å². The van der Waals surface area contributed by atoms with Crippen LogP contribution in [0.15, 0.2) is 29.3 Å². The Bertz CT molecular complexity index is 558. The number of halogens is 2. The van der Waals surface area contributed by atoms with E-state index in [2.05, 4.69) is 9.89 Å². The van der Waals surface area contributed by atoms with E-state index in [1.54, 1.807) is 11.9 Å². The van der Waals surface area contributed by atoms with Gasteiger partial charge in [-0.15, -0.1) is 24.0 Å². The van der Waals surface area contributed by atoms with Crippen molar-refractivity contribution in [3.8, 4) is 0 Å². The molecule has 1 aliphatic rings. The van der Waals surface area contributed by atoms with Crippen molar-refractivity contribution in [3.63, 3.8) is 0 Å². The van der Waals surface area contributed by atoms with Gasteiger partial charge in [-0.25, -0.2) is 4.99 Å². The van der Waals surface area contributed by atoms with Crippen molar-refractivity contribution < 1.29 is 4.79 Å². The lowest BCUT2D eigenvalue weighted by molar-refractivity contribution is -0.128. The topological polar surface area (TPSA) is 65.2 Å². The number of guanidine groups is 1. The van der Waals surface area contributed by atoms with E-state index in [-0.39, 0.29) is 36.4 Å². The SMILES string of the molecule is CCN(C)C(=O)CN=C(N)N1CCN(c2ccc(Cl)cc2)CC1.I. The maximum atomic E-state index is 11.8. The van der Waals surface area contributed by atoms with Crippen molar-refractivity contribution in [1.29, 1.82) is 0 Å². The molecule has 1 heterocycles. The van der Waals surface area contributed by atoms with Gasteiger partial charge in [-0.1, -0.05) is 11.6 Å². The Kier molecular flexibility index (Phi) is 8.61. The van der Waals surface area contributed by atoms with Crippen LogP contribution in [0.25, 0.3) is 0 Å². The van der Waals surface area contributed by atoms with Crippen LogP contribution in [0.2, 0.25) is 5.02 Å². The summed E-state index contributed by atoms with van der Waals surface area (Å²) in [5.74, 6) is 0.425. The van der Waals surface area contributed by atoms with Gasteiger partial charge in [0.15, 0.2) is 5.96 Å². The summed E-state index contributed by atoms with van der Waals surface area (Å²) >= 11 is 5.92. The molecule has 1 aliphatic heterocycles. The Morgan fingerprint density at radius 1 is 1.25 bits per heavy atom. The molecule has 1 aromatic rings. The number of amides is 1. The second-order valence-corrected chi connectivity index (χ2v) is 5.97. The summed E-state index contributed by atoms with van der Waals surface area (Å²) in [6.45, 7) is 6.01. The molecule has 0 radical (unpaired) electrons. The van der Waals surface area contributed by atoms with Gasteiger partial charge in [0.25, 0.3) is 0 Å². The molecular formula is C16H25ClIN5O. The molecule has 1 fully saturated rings. The van der Waals surface area contributed by atoms with Crippen LogP contribution < -0.4 is 10.6 Å². The molecule has 0 spiro atoms. The molecule has 0 saturated carbocycles. The first-order chi connectivity index (χ1) is 11.0. The Balaban J connectivity index is 0.00000288. The molecule has 0 atom stereocenters. The second kappa shape index (κ2) is 9.93. The smallest absolute Gasteiger partial charge is 0.244 e. The molecule has 24 heavy (non-hydrogen) atoms. The van der Waals surface area contributed by atoms with Crippen LogP contribution in [-0.4, -0.2) is 68.0 Å². The molecule has 0 aromatic heterocycles. The summed E-state index contributed by atoms with van der Waals surface area (Å²) in [4.78, 5) is 21.9. The number of carbonyl (C=O) groups is 1. The van der Waals surface area contributed by atoms with Crippen molar-refractivity contribution in [3.05, 3.63) is 29.3 Å². The van der Waals surface area contributed by atoms with Gasteiger partial charge in [-0.2, -0.15) is 0 Å². The zero-order valence-corrected chi connectivity index (χ0v) is 17.2. The standard InChI is InChI=1S/C16H24ClN5O.HI/c1-3-20(2)15(23)12-19-16(18)22-10-8-21(9-11-22)14-6-4-13(17)5-7-14;/h4-7H,3,8-12H2,1-2H3,(H2,18,19);1H. The van der Waals surface area contributed by atoms with Crippen molar-refractivity contribution in [1.82, 2.24) is 9.80 Å². The minimum Gasteiger partial charge on any atom is -0.370 e. The molecule has 1 amide bonds. The predicted molar refractivity (Wildman–Crippen MR) is 110 cm³/mol. The molecule has 1 aromatic carbocycles. The number of carbonyl (C=O) groups excluding carboxylic acids is 1. The summed E-state index contributed by atoms with van der Waals surface area (Å²) < 4.78 is 0. The van der Waals surface area contributed by atoms with Gasteiger partial charge in [0.1, 0.15) is 6.54 Å².